The molecule has 0 aliphatic carbocycles. The van der Waals surface area contributed by atoms with Gasteiger partial charge in [-0.25, -0.2) is 9.78 Å². The fourth-order valence-electron chi connectivity index (χ4n) is 3.19. The number of amides is 2. The first-order valence-electron chi connectivity index (χ1n) is 8.94. The van der Waals surface area contributed by atoms with Crippen LogP contribution < -0.4 is 10.9 Å². The van der Waals surface area contributed by atoms with Crippen LogP contribution in [-0.4, -0.2) is 56.4 Å². The highest BCUT2D eigenvalue weighted by Crippen LogP contribution is 2.11. The minimum Gasteiger partial charge on any atom is -0.322 e. The Labute approximate surface area is 166 Å². The normalized spacial score (nSPS) is 15.0. The molecule has 1 saturated heterocycles. The molecule has 1 N–H and O–H groups in total. The monoisotopic (exact) mass is 398 g/mol. The molecule has 0 bridgehead atoms. The average molecular weight is 399 g/mol. The second kappa shape index (κ2) is 7.95. The van der Waals surface area contributed by atoms with Crippen LogP contribution in [0.5, 0.6) is 0 Å². The largest absolute Gasteiger partial charge is 0.322 e. The van der Waals surface area contributed by atoms with Crippen LogP contribution in [0.3, 0.4) is 0 Å². The van der Waals surface area contributed by atoms with Crippen molar-refractivity contribution in [3.05, 3.63) is 70.0 Å². The maximum atomic E-state index is 12.6. The van der Waals surface area contributed by atoms with Gasteiger partial charge in [-0.15, -0.1) is 0 Å². The van der Waals surface area contributed by atoms with Crippen molar-refractivity contribution in [3.8, 4) is 0 Å². The second-order valence-corrected chi connectivity index (χ2v) is 7.04. The fourth-order valence-corrected chi connectivity index (χ4v) is 3.35. The minimum atomic E-state index is -0.365. The molecule has 28 heavy (non-hydrogen) atoms. The smallest absolute Gasteiger partial charge is 0.322 e. The summed E-state index contributed by atoms with van der Waals surface area (Å²) in [4.78, 5) is 37.4. The molecule has 2 amide bonds. The van der Waals surface area contributed by atoms with E-state index in [0.29, 0.717) is 23.8 Å². The van der Waals surface area contributed by atoms with Gasteiger partial charge in [0.2, 0.25) is 0 Å². The number of aromatic nitrogens is 3. The molecule has 1 fully saturated rings. The van der Waals surface area contributed by atoms with E-state index in [2.05, 4.69) is 20.2 Å². The molecule has 0 spiro atoms. The van der Waals surface area contributed by atoms with Gasteiger partial charge in [-0.1, -0.05) is 17.7 Å². The first kappa shape index (κ1) is 18.4. The van der Waals surface area contributed by atoms with E-state index >= 15 is 0 Å². The number of hydrogen-bond acceptors (Lipinski definition) is 5. The number of rotatable bonds is 3. The van der Waals surface area contributed by atoms with Gasteiger partial charge in [0.25, 0.3) is 5.56 Å². The van der Waals surface area contributed by atoms with Crippen molar-refractivity contribution in [2.24, 2.45) is 0 Å². The third-order valence-electron chi connectivity index (χ3n) is 4.70. The SMILES string of the molecule is O=C(Nc1cnc2ccc(Cl)cn2c1=O)N1CCN(Cc2cccnc2)CC1. The standard InChI is InChI=1S/C19H19ClN6O2/c20-15-3-4-17-22-11-16(18(27)26(17)13-15)23-19(28)25-8-6-24(7-9-25)12-14-2-1-5-21-10-14/h1-5,10-11,13H,6-9,12H2,(H,23,28). The number of halogens is 1. The quantitative estimate of drug-likeness (QED) is 0.730. The van der Waals surface area contributed by atoms with Crippen LogP contribution in [0.2, 0.25) is 5.02 Å². The summed E-state index contributed by atoms with van der Waals surface area (Å²) < 4.78 is 1.32. The number of nitrogens with one attached hydrogen (secondary N) is 1. The third-order valence-corrected chi connectivity index (χ3v) is 4.92. The summed E-state index contributed by atoms with van der Waals surface area (Å²) in [7, 11) is 0. The minimum absolute atomic E-state index is 0.127. The molecule has 8 nitrogen and oxygen atoms in total. The summed E-state index contributed by atoms with van der Waals surface area (Å²) in [6, 6.07) is 6.96. The van der Waals surface area contributed by atoms with Crippen molar-refractivity contribution in [1.82, 2.24) is 24.2 Å². The summed E-state index contributed by atoms with van der Waals surface area (Å²) in [5.41, 5.74) is 1.38. The molecule has 0 aromatic carbocycles. The van der Waals surface area contributed by atoms with Crippen LogP contribution in [0.1, 0.15) is 5.56 Å². The summed E-state index contributed by atoms with van der Waals surface area (Å²) in [5, 5.41) is 3.10. The lowest BCUT2D eigenvalue weighted by Gasteiger charge is -2.34. The number of carbonyl (C=O) groups is 1. The van der Waals surface area contributed by atoms with Gasteiger partial charge < -0.3 is 10.2 Å². The number of hydrogen-bond donors (Lipinski definition) is 1. The highest BCUT2D eigenvalue weighted by molar-refractivity contribution is 6.30. The number of carbonyl (C=O) groups excluding carboxylic acids is 1. The van der Waals surface area contributed by atoms with Crippen LogP contribution in [0.4, 0.5) is 10.5 Å². The lowest BCUT2D eigenvalue weighted by atomic mass is 10.2. The molecular weight excluding hydrogens is 380 g/mol. The summed E-state index contributed by atoms with van der Waals surface area (Å²) in [5.74, 6) is 0. The Morgan fingerprint density at radius 1 is 1.14 bits per heavy atom. The highest BCUT2D eigenvalue weighted by atomic mass is 35.5. The number of piperazine rings is 1. The Morgan fingerprint density at radius 2 is 1.96 bits per heavy atom. The molecule has 4 heterocycles. The van der Waals surface area contributed by atoms with E-state index < -0.39 is 0 Å². The topological polar surface area (TPSA) is 82.8 Å². The van der Waals surface area contributed by atoms with Crippen molar-refractivity contribution in [2.75, 3.05) is 31.5 Å². The Morgan fingerprint density at radius 3 is 2.71 bits per heavy atom. The van der Waals surface area contributed by atoms with Crippen LogP contribution in [0.25, 0.3) is 5.65 Å². The zero-order valence-electron chi connectivity index (χ0n) is 15.1. The summed E-state index contributed by atoms with van der Waals surface area (Å²) in [6.45, 7) is 3.49. The second-order valence-electron chi connectivity index (χ2n) is 6.61. The van der Waals surface area contributed by atoms with Gasteiger partial charge in [0.15, 0.2) is 0 Å². The molecule has 1 aliphatic rings. The van der Waals surface area contributed by atoms with Crippen LogP contribution >= 0.6 is 11.6 Å². The van der Waals surface area contributed by atoms with Crippen molar-refractivity contribution >= 4 is 29.0 Å². The zero-order valence-corrected chi connectivity index (χ0v) is 15.8. The van der Waals surface area contributed by atoms with Gasteiger partial charge in [0.1, 0.15) is 11.3 Å². The van der Waals surface area contributed by atoms with Crippen molar-refractivity contribution in [3.63, 3.8) is 0 Å². The predicted molar refractivity (Wildman–Crippen MR) is 107 cm³/mol. The Balaban J connectivity index is 1.39. The zero-order chi connectivity index (χ0) is 19.5. The van der Waals surface area contributed by atoms with Gasteiger partial charge in [0, 0.05) is 51.3 Å². The maximum Gasteiger partial charge on any atom is 0.322 e. The maximum absolute atomic E-state index is 12.6. The van der Waals surface area contributed by atoms with Gasteiger partial charge in [-0.05, 0) is 23.8 Å². The fraction of sp³-hybridized carbons (Fsp3) is 0.263. The van der Waals surface area contributed by atoms with E-state index in [1.54, 1.807) is 23.2 Å². The Bertz CT molecular complexity index is 1050. The van der Waals surface area contributed by atoms with E-state index in [-0.39, 0.29) is 17.3 Å². The van der Waals surface area contributed by atoms with Gasteiger partial charge in [-0.3, -0.25) is 19.1 Å². The van der Waals surface area contributed by atoms with E-state index in [0.717, 1.165) is 25.2 Å². The molecule has 0 atom stereocenters. The Hall–Kier alpha value is -2.97. The highest BCUT2D eigenvalue weighted by Gasteiger charge is 2.22. The molecule has 144 valence electrons. The molecule has 3 aromatic rings. The summed E-state index contributed by atoms with van der Waals surface area (Å²) >= 11 is 5.95. The van der Waals surface area contributed by atoms with Gasteiger partial charge >= 0.3 is 6.03 Å². The first-order valence-corrected chi connectivity index (χ1v) is 9.32. The lowest BCUT2D eigenvalue weighted by molar-refractivity contribution is 0.143. The van der Waals surface area contributed by atoms with Crippen LogP contribution in [0, 0.1) is 0 Å². The third kappa shape index (κ3) is 3.97. The molecule has 0 saturated carbocycles. The van der Waals surface area contributed by atoms with Crippen LogP contribution in [0.15, 0.2) is 53.8 Å². The molecule has 0 unspecified atom stereocenters. The number of anilines is 1. The van der Waals surface area contributed by atoms with E-state index in [1.807, 2.05) is 18.3 Å². The number of urea groups is 1. The van der Waals surface area contributed by atoms with Gasteiger partial charge in [0.05, 0.1) is 11.2 Å². The van der Waals surface area contributed by atoms with Crippen molar-refractivity contribution < 1.29 is 4.79 Å². The number of nitrogens with zero attached hydrogens (tertiary/aromatic N) is 5. The molecule has 3 aromatic heterocycles. The average Bonchev–Trinajstić information content (AvgIpc) is 2.72. The van der Waals surface area contributed by atoms with Crippen LogP contribution in [-0.2, 0) is 6.54 Å². The van der Waals surface area contributed by atoms with E-state index in [1.165, 1.54) is 16.8 Å². The Kier molecular flexibility index (Phi) is 5.23. The van der Waals surface area contributed by atoms with Gasteiger partial charge in [-0.2, -0.15) is 0 Å². The lowest BCUT2D eigenvalue weighted by Crippen LogP contribution is -2.50. The van der Waals surface area contributed by atoms with E-state index in [9.17, 15) is 9.59 Å². The molecule has 9 heteroatoms. The molecular formula is C19H19ClN6O2. The summed E-state index contributed by atoms with van der Waals surface area (Å²) in [6.07, 6.45) is 6.47. The first-order chi connectivity index (χ1) is 13.6. The van der Waals surface area contributed by atoms with Crippen molar-refractivity contribution in [1.29, 1.82) is 0 Å². The molecule has 1 aliphatic heterocycles. The molecule has 4 rings (SSSR count). The number of fused-ring (bicyclic) bond motifs is 1. The van der Waals surface area contributed by atoms with E-state index in [4.69, 9.17) is 11.6 Å². The predicted octanol–water partition coefficient (Wildman–Crippen LogP) is 2.09. The number of pyridine rings is 2. The molecule has 0 radical (unpaired) electrons. The van der Waals surface area contributed by atoms with Crippen molar-refractivity contribution in [2.45, 2.75) is 6.54 Å².